The van der Waals surface area contributed by atoms with E-state index in [0.29, 0.717) is 29.1 Å². The third-order valence-corrected chi connectivity index (χ3v) is 15.8. The molecule has 456 valence electrons. The number of hydrogen-bond donors (Lipinski definition) is 0. The molecule has 0 aliphatic carbocycles. The molecule has 11 rings (SSSR count). The summed E-state index contributed by atoms with van der Waals surface area (Å²) < 4.78 is 12.1. The first-order chi connectivity index (χ1) is 40.5. The second-order valence-corrected chi connectivity index (χ2v) is 27.3. The molecule has 14 heteroatoms. The molecule has 1 fully saturated rings. The fourth-order valence-corrected chi connectivity index (χ4v) is 9.48. The molecule has 88 heavy (non-hydrogen) atoms. The second kappa shape index (κ2) is 27.9. The quantitative estimate of drug-likeness (QED) is 0.107. The van der Waals surface area contributed by atoms with Gasteiger partial charge in [0, 0.05) is 80.4 Å². The number of nitrogens with zero attached hydrogens (tertiary/aromatic N) is 8. The topological polar surface area (TPSA) is 122 Å². The van der Waals surface area contributed by atoms with Gasteiger partial charge in [-0.2, -0.15) is 9.97 Å². The fraction of sp³-hybridized carbons (Fsp3) is 0.297. The van der Waals surface area contributed by atoms with Crippen molar-refractivity contribution >= 4 is 24.2 Å². The van der Waals surface area contributed by atoms with Gasteiger partial charge in [-0.3, -0.25) is 0 Å². The zero-order valence-corrected chi connectivity index (χ0v) is 58.9. The average Bonchev–Trinajstić information content (AvgIpc) is 1.71. The summed E-state index contributed by atoms with van der Waals surface area (Å²) in [6, 6.07) is 63.7. The van der Waals surface area contributed by atoms with Crippen molar-refractivity contribution < 1.29 is 49.5 Å². The summed E-state index contributed by atoms with van der Waals surface area (Å²) in [5.74, 6) is 3.06. The van der Waals surface area contributed by atoms with Crippen LogP contribution in [0.15, 0.2) is 182 Å². The maximum atomic E-state index is 6.20. The summed E-state index contributed by atoms with van der Waals surface area (Å²) in [7, 11) is -0.365. The van der Waals surface area contributed by atoms with Crippen LogP contribution < -0.4 is 5.46 Å². The van der Waals surface area contributed by atoms with Crippen LogP contribution in [0.3, 0.4) is 0 Å². The van der Waals surface area contributed by atoms with Gasteiger partial charge in [0.1, 0.15) is 0 Å². The van der Waals surface area contributed by atoms with Gasteiger partial charge < -0.3 is 19.3 Å². The molecular formula is C74H78BClIr2N8O2-2. The largest absolute Gasteiger partial charge is 0.496 e. The summed E-state index contributed by atoms with van der Waals surface area (Å²) in [6.45, 7) is 34.7. The van der Waals surface area contributed by atoms with Crippen LogP contribution in [0.1, 0.15) is 133 Å². The number of halogens is 1. The van der Waals surface area contributed by atoms with Gasteiger partial charge in [-0.1, -0.05) is 204 Å². The monoisotopic (exact) mass is 1540 g/mol. The van der Waals surface area contributed by atoms with Gasteiger partial charge >= 0.3 is 7.12 Å². The molecule has 4 aromatic heterocycles. The van der Waals surface area contributed by atoms with E-state index in [9.17, 15) is 0 Å². The van der Waals surface area contributed by atoms with Crippen LogP contribution >= 0.6 is 11.6 Å². The van der Waals surface area contributed by atoms with Crippen LogP contribution in [-0.4, -0.2) is 58.2 Å². The molecule has 0 N–H and O–H groups in total. The number of hydrogen-bond acceptors (Lipinski definition) is 10. The van der Waals surface area contributed by atoms with Gasteiger partial charge in [0.25, 0.3) is 0 Å². The van der Waals surface area contributed by atoms with E-state index in [1.807, 2.05) is 137 Å². The van der Waals surface area contributed by atoms with Gasteiger partial charge in [-0.25, -0.2) is 19.9 Å². The van der Waals surface area contributed by atoms with E-state index in [0.717, 1.165) is 55.8 Å². The Morgan fingerprint density at radius 2 is 0.659 bits per heavy atom. The van der Waals surface area contributed by atoms with Crippen molar-refractivity contribution in [1.29, 1.82) is 0 Å². The van der Waals surface area contributed by atoms with Crippen molar-refractivity contribution in [3.63, 3.8) is 0 Å². The number of pyridine rings is 2. The van der Waals surface area contributed by atoms with Crippen molar-refractivity contribution in [2.24, 2.45) is 0 Å². The molecule has 10 aromatic rings. The smallest absolute Gasteiger partial charge is 0.399 e. The molecule has 1 aliphatic heterocycles. The van der Waals surface area contributed by atoms with Gasteiger partial charge in [-0.15, -0.1) is 71.8 Å². The molecule has 5 heterocycles. The van der Waals surface area contributed by atoms with Gasteiger partial charge in [-0.05, 0) is 100 Å². The van der Waals surface area contributed by atoms with Crippen molar-refractivity contribution in [3.05, 3.63) is 222 Å². The predicted octanol–water partition coefficient (Wildman–Crippen LogP) is 17.6. The van der Waals surface area contributed by atoms with E-state index in [-0.39, 0.29) is 85.5 Å². The molecule has 2 radical (unpaired) electrons. The third-order valence-electron chi connectivity index (χ3n) is 15.6. The summed E-state index contributed by atoms with van der Waals surface area (Å²) in [5, 5.41) is 0.204. The Hall–Kier alpha value is -6.79. The zero-order chi connectivity index (χ0) is 61.8. The first-order valence-corrected chi connectivity index (χ1v) is 29.7. The minimum Gasteiger partial charge on any atom is -0.399 e. The predicted molar refractivity (Wildman–Crippen MR) is 353 cm³/mol. The minimum atomic E-state index is -0.365. The Bertz CT molecular complexity index is 3720. The van der Waals surface area contributed by atoms with Crippen LogP contribution in [0.5, 0.6) is 0 Å². The van der Waals surface area contributed by atoms with Crippen LogP contribution in [0.2, 0.25) is 5.28 Å². The van der Waals surface area contributed by atoms with Crippen molar-refractivity contribution in [2.75, 3.05) is 0 Å². The minimum absolute atomic E-state index is 0. The Morgan fingerprint density at radius 3 is 0.932 bits per heavy atom. The van der Waals surface area contributed by atoms with Gasteiger partial charge in [0.05, 0.1) is 11.2 Å². The summed E-state index contributed by atoms with van der Waals surface area (Å²) in [5.41, 5.74) is 14.0. The Morgan fingerprint density at radius 1 is 0.364 bits per heavy atom. The average molecular weight is 1540 g/mol. The molecule has 0 spiro atoms. The molecule has 0 amide bonds. The molecule has 0 unspecified atom stereocenters. The van der Waals surface area contributed by atoms with Gasteiger partial charge in [0.15, 0.2) is 29.1 Å². The number of rotatable bonds is 8. The van der Waals surface area contributed by atoms with Crippen molar-refractivity contribution in [3.8, 4) is 79.5 Å². The Labute approximate surface area is 554 Å². The Kier molecular flexibility index (Phi) is 21.8. The van der Waals surface area contributed by atoms with E-state index in [2.05, 4.69) is 193 Å². The fourth-order valence-electron chi connectivity index (χ4n) is 9.32. The van der Waals surface area contributed by atoms with E-state index >= 15 is 0 Å². The van der Waals surface area contributed by atoms with E-state index in [1.54, 1.807) is 0 Å². The van der Waals surface area contributed by atoms with E-state index in [1.165, 1.54) is 22.3 Å². The standard InChI is InChI=1S/C34H33N4.C23H26ClN3.C17H19BNO2.2Ir/c1-33(2,3)27-17-12-24(13-18-27)30-36-31(25-14-19-28(20-15-25)34(4,5)6)38-32(37-30)26-16-21-29(35-22-26)23-10-8-7-9-11-23;1-22(2,3)17-11-7-15(8-12-17)19-25-20(27-21(24)26-19)16-9-13-18(14-10-16)23(4,5)6;1-16(2)17(3,4)21-18(20-16)14-10-11-15(19-12-14)13-8-6-5-7-9-13;;/h7-10,12-22H,1-6H3;7-14H,1-6H3;5-8,10-12H,1-4H3;;/q-1;;-1;;. The molecule has 0 saturated carbocycles. The molecular weight excluding hydrogens is 1460 g/mol. The van der Waals surface area contributed by atoms with Crippen molar-refractivity contribution in [2.45, 2.75) is 144 Å². The first-order valence-electron chi connectivity index (χ1n) is 29.3. The van der Waals surface area contributed by atoms with Crippen LogP contribution in [0.25, 0.3) is 79.5 Å². The van der Waals surface area contributed by atoms with E-state index in [4.69, 9.17) is 35.9 Å². The third kappa shape index (κ3) is 17.1. The molecule has 6 aromatic carbocycles. The molecule has 1 saturated heterocycles. The first kappa shape index (κ1) is 68.7. The van der Waals surface area contributed by atoms with E-state index < -0.39 is 0 Å². The Balaban J connectivity index is 0.000000195. The number of benzene rings is 6. The summed E-state index contributed by atoms with van der Waals surface area (Å²) in [4.78, 5) is 37.1. The zero-order valence-electron chi connectivity index (χ0n) is 53.3. The van der Waals surface area contributed by atoms with Crippen LogP contribution in [-0.2, 0) is 71.2 Å². The van der Waals surface area contributed by atoms with Gasteiger partial charge in [0.2, 0.25) is 5.28 Å². The van der Waals surface area contributed by atoms with Crippen LogP contribution in [0, 0.1) is 12.1 Å². The maximum absolute atomic E-state index is 6.20. The summed E-state index contributed by atoms with van der Waals surface area (Å²) in [6.07, 6.45) is 3.64. The number of aromatic nitrogens is 8. The molecule has 0 atom stereocenters. The van der Waals surface area contributed by atoms with Crippen molar-refractivity contribution in [1.82, 2.24) is 39.9 Å². The molecule has 0 bridgehead atoms. The molecule has 1 aliphatic rings. The maximum Gasteiger partial charge on any atom is 0.496 e. The molecule has 10 nitrogen and oxygen atoms in total. The summed E-state index contributed by atoms with van der Waals surface area (Å²) >= 11 is 6.20. The second-order valence-electron chi connectivity index (χ2n) is 26.9. The SMILES string of the molecule is CC(C)(C)c1ccc(-c2nc(-c3ccc(C(C)(C)C)cc3)nc(-c3ccc(-c4[c-]cccc4)nc3)n2)cc1.CC(C)(C)c1ccc(-c2nc(Cl)nc(-c3ccc(C(C)(C)C)cc3)n2)cc1.CC1(C)OB(c2ccc(-c3[c-]cccc3)nc2)OC1(C)C.[Ir].[Ir]. The van der Waals surface area contributed by atoms with Crippen LogP contribution in [0.4, 0.5) is 0 Å². The normalized spacial score (nSPS) is 13.6.